The number of hydrogen-bond acceptors (Lipinski definition) is 1. The SMILES string of the molecule is CNC(C1=CCCCC1)C(C)(C)C. The first-order chi connectivity index (χ1) is 6.05. The summed E-state index contributed by atoms with van der Waals surface area (Å²) in [5.74, 6) is 0. The second kappa shape index (κ2) is 4.28. The first kappa shape index (κ1) is 10.8. The van der Waals surface area contributed by atoms with Gasteiger partial charge in [0.1, 0.15) is 0 Å². The van der Waals surface area contributed by atoms with Crippen LogP contribution in [-0.4, -0.2) is 13.1 Å². The molecule has 0 heterocycles. The van der Waals surface area contributed by atoms with Crippen molar-refractivity contribution in [3.63, 3.8) is 0 Å². The lowest BCUT2D eigenvalue weighted by Gasteiger charge is -2.34. The molecular weight excluding hydrogens is 158 g/mol. The van der Waals surface area contributed by atoms with Gasteiger partial charge in [-0.25, -0.2) is 0 Å². The van der Waals surface area contributed by atoms with Crippen LogP contribution in [0.15, 0.2) is 11.6 Å². The van der Waals surface area contributed by atoms with Crippen molar-refractivity contribution in [3.05, 3.63) is 11.6 Å². The van der Waals surface area contributed by atoms with Gasteiger partial charge in [-0.15, -0.1) is 0 Å². The molecule has 0 fully saturated rings. The van der Waals surface area contributed by atoms with Crippen molar-refractivity contribution in [2.24, 2.45) is 5.41 Å². The van der Waals surface area contributed by atoms with Gasteiger partial charge in [0.25, 0.3) is 0 Å². The van der Waals surface area contributed by atoms with Crippen LogP contribution in [0.5, 0.6) is 0 Å². The van der Waals surface area contributed by atoms with Crippen LogP contribution in [0.1, 0.15) is 46.5 Å². The molecule has 1 rings (SSSR count). The van der Waals surface area contributed by atoms with Crippen molar-refractivity contribution in [2.45, 2.75) is 52.5 Å². The Morgan fingerprint density at radius 3 is 2.38 bits per heavy atom. The Balaban J connectivity index is 2.70. The summed E-state index contributed by atoms with van der Waals surface area (Å²) in [5.41, 5.74) is 1.97. The number of allylic oxidation sites excluding steroid dienone is 1. The summed E-state index contributed by atoms with van der Waals surface area (Å²) in [6.45, 7) is 6.93. The Morgan fingerprint density at radius 1 is 1.31 bits per heavy atom. The van der Waals surface area contributed by atoms with E-state index in [1.807, 2.05) is 0 Å². The highest BCUT2D eigenvalue weighted by Crippen LogP contribution is 2.30. The molecule has 1 N–H and O–H groups in total. The summed E-state index contributed by atoms with van der Waals surface area (Å²) in [6.07, 6.45) is 7.77. The molecule has 0 spiro atoms. The van der Waals surface area contributed by atoms with Gasteiger partial charge in [0.15, 0.2) is 0 Å². The third-order valence-electron chi connectivity index (χ3n) is 2.85. The molecule has 0 saturated carbocycles. The van der Waals surface area contributed by atoms with E-state index in [9.17, 15) is 0 Å². The molecule has 0 aromatic carbocycles. The average molecular weight is 181 g/mol. The largest absolute Gasteiger partial charge is 0.313 e. The van der Waals surface area contributed by atoms with Crippen molar-refractivity contribution in [3.8, 4) is 0 Å². The van der Waals surface area contributed by atoms with Gasteiger partial charge in [-0.1, -0.05) is 32.4 Å². The predicted octanol–water partition coefficient (Wildman–Crippen LogP) is 3.12. The van der Waals surface area contributed by atoms with Crippen molar-refractivity contribution >= 4 is 0 Å². The van der Waals surface area contributed by atoms with Crippen molar-refractivity contribution < 1.29 is 0 Å². The molecule has 76 valence electrons. The zero-order valence-electron chi connectivity index (χ0n) is 9.48. The van der Waals surface area contributed by atoms with E-state index < -0.39 is 0 Å². The lowest BCUT2D eigenvalue weighted by molar-refractivity contribution is 0.306. The highest BCUT2D eigenvalue weighted by Gasteiger charge is 2.26. The van der Waals surface area contributed by atoms with Gasteiger partial charge in [-0.3, -0.25) is 0 Å². The molecule has 1 unspecified atom stereocenters. The van der Waals surface area contributed by atoms with E-state index >= 15 is 0 Å². The Hall–Kier alpha value is -0.300. The minimum absolute atomic E-state index is 0.345. The van der Waals surface area contributed by atoms with Crippen LogP contribution >= 0.6 is 0 Å². The van der Waals surface area contributed by atoms with Crippen LogP contribution in [-0.2, 0) is 0 Å². The molecule has 1 heteroatoms. The van der Waals surface area contributed by atoms with E-state index in [0.29, 0.717) is 11.5 Å². The summed E-state index contributed by atoms with van der Waals surface area (Å²) in [7, 11) is 2.07. The summed E-state index contributed by atoms with van der Waals surface area (Å²) < 4.78 is 0. The Labute approximate surface area is 82.6 Å². The fraction of sp³-hybridized carbons (Fsp3) is 0.833. The third-order valence-corrected chi connectivity index (χ3v) is 2.85. The fourth-order valence-electron chi connectivity index (χ4n) is 2.30. The molecule has 0 bridgehead atoms. The maximum absolute atomic E-state index is 3.44. The van der Waals surface area contributed by atoms with Crippen LogP contribution in [0, 0.1) is 5.41 Å². The highest BCUT2D eigenvalue weighted by atomic mass is 14.9. The standard InChI is InChI=1S/C12H23N/c1-12(2,3)11(13-4)10-8-6-5-7-9-10/h8,11,13H,5-7,9H2,1-4H3. The molecule has 0 aromatic heterocycles. The van der Waals surface area contributed by atoms with Crippen LogP contribution in [0.3, 0.4) is 0 Å². The Kier molecular flexibility index (Phi) is 3.55. The maximum atomic E-state index is 3.44. The van der Waals surface area contributed by atoms with Gasteiger partial charge in [0.05, 0.1) is 0 Å². The molecule has 1 nitrogen and oxygen atoms in total. The topological polar surface area (TPSA) is 12.0 Å². The first-order valence-electron chi connectivity index (χ1n) is 5.42. The molecule has 1 aliphatic rings. The molecule has 0 aliphatic heterocycles. The Morgan fingerprint density at radius 2 is 2.00 bits per heavy atom. The summed E-state index contributed by atoms with van der Waals surface area (Å²) >= 11 is 0. The van der Waals surface area contributed by atoms with Gasteiger partial charge in [0.2, 0.25) is 0 Å². The highest BCUT2D eigenvalue weighted by molar-refractivity contribution is 5.16. The van der Waals surface area contributed by atoms with Gasteiger partial charge in [0, 0.05) is 6.04 Å². The molecule has 0 saturated heterocycles. The lowest BCUT2D eigenvalue weighted by Crippen LogP contribution is -2.40. The second-order valence-electron chi connectivity index (χ2n) is 5.11. The first-order valence-corrected chi connectivity index (χ1v) is 5.42. The van der Waals surface area contributed by atoms with Crippen LogP contribution in [0.25, 0.3) is 0 Å². The molecule has 1 aliphatic carbocycles. The molecule has 0 radical (unpaired) electrons. The normalized spacial score (nSPS) is 21.1. The van der Waals surface area contributed by atoms with E-state index in [4.69, 9.17) is 0 Å². The van der Waals surface area contributed by atoms with Crippen LogP contribution in [0.4, 0.5) is 0 Å². The quantitative estimate of drug-likeness (QED) is 0.645. The zero-order valence-corrected chi connectivity index (χ0v) is 9.48. The van der Waals surface area contributed by atoms with Crippen LogP contribution in [0.2, 0.25) is 0 Å². The summed E-state index contributed by atoms with van der Waals surface area (Å²) in [4.78, 5) is 0. The third kappa shape index (κ3) is 2.84. The van der Waals surface area contributed by atoms with E-state index in [-0.39, 0.29) is 0 Å². The molecule has 1 atom stereocenters. The lowest BCUT2D eigenvalue weighted by atomic mass is 9.79. The van der Waals surface area contributed by atoms with Crippen molar-refractivity contribution in [1.82, 2.24) is 5.32 Å². The minimum Gasteiger partial charge on any atom is -0.313 e. The summed E-state index contributed by atoms with van der Waals surface area (Å²) in [5, 5.41) is 3.44. The number of likely N-dealkylation sites (N-methyl/N-ethyl adjacent to an activating group) is 1. The molecule has 0 aromatic rings. The van der Waals surface area contributed by atoms with Gasteiger partial charge in [-0.05, 0) is 38.1 Å². The molecular formula is C12H23N. The van der Waals surface area contributed by atoms with Crippen LogP contribution < -0.4 is 5.32 Å². The number of hydrogen-bond donors (Lipinski definition) is 1. The predicted molar refractivity (Wildman–Crippen MR) is 58.9 cm³/mol. The van der Waals surface area contributed by atoms with Crippen molar-refractivity contribution in [1.29, 1.82) is 0 Å². The zero-order chi connectivity index (χ0) is 9.90. The summed E-state index contributed by atoms with van der Waals surface area (Å²) in [6, 6.07) is 0.563. The van der Waals surface area contributed by atoms with Crippen molar-refractivity contribution in [2.75, 3.05) is 7.05 Å². The Bertz CT molecular complexity index is 186. The smallest absolute Gasteiger partial charge is 0.0325 e. The van der Waals surface area contributed by atoms with Gasteiger partial charge >= 0.3 is 0 Å². The average Bonchev–Trinajstić information content (AvgIpc) is 2.05. The monoisotopic (exact) mass is 181 g/mol. The number of nitrogens with one attached hydrogen (secondary N) is 1. The van der Waals surface area contributed by atoms with E-state index in [1.165, 1.54) is 25.7 Å². The fourth-order valence-corrected chi connectivity index (χ4v) is 2.30. The molecule has 0 amide bonds. The molecule has 13 heavy (non-hydrogen) atoms. The maximum Gasteiger partial charge on any atom is 0.0325 e. The van der Waals surface area contributed by atoms with E-state index in [0.717, 1.165) is 0 Å². The van der Waals surface area contributed by atoms with E-state index in [2.05, 4.69) is 39.2 Å². The number of rotatable bonds is 2. The van der Waals surface area contributed by atoms with Gasteiger partial charge in [-0.2, -0.15) is 0 Å². The second-order valence-corrected chi connectivity index (χ2v) is 5.11. The van der Waals surface area contributed by atoms with Gasteiger partial charge < -0.3 is 5.32 Å². The van der Waals surface area contributed by atoms with E-state index in [1.54, 1.807) is 5.57 Å². The minimum atomic E-state index is 0.345.